The number of nitrogens with two attached hydrogens (primary N) is 1. The summed E-state index contributed by atoms with van der Waals surface area (Å²) >= 11 is 0.860. The molecule has 1 amide bonds. The van der Waals surface area contributed by atoms with Crippen LogP contribution in [0.5, 0.6) is 0 Å². The van der Waals surface area contributed by atoms with Gasteiger partial charge in [-0.05, 0) is 0 Å². The minimum Gasteiger partial charge on any atom is -0.477 e. The molecule has 0 aromatic rings. The Morgan fingerprint density at radius 2 is 2.14 bits per heavy atom. The number of β-lactam (4-membered cyclic amide) rings is 1. The van der Waals surface area contributed by atoms with Crippen molar-refractivity contribution in [2.75, 3.05) is 12.4 Å². The molecule has 2 aliphatic heterocycles. The molecule has 0 saturated carbocycles. The van der Waals surface area contributed by atoms with E-state index in [1.165, 1.54) is 0 Å². The lowest BCUT2D eigenvalue weighted by Gasteiger charge is -2.53. The molecule has 0 radical (unpaired) electrons. The van der Waals surface area contributed by atoms with E-state index in [2.05, 4.69) is 0 Å². The Labute approximate surface area is 129 Å². The van der Waals surface area contributed by atoms with Crippen LogP contribution in [-0.2, 0) is 29.2 Å². The fraction of sp³-hybridized carbons (Fsp3) is 0.500. The first-order valence-corrected chi connectivity index (χ1v) is 8.30. The first-order chi connectivity index (χ1) is 10.0. The average Bonchev–Trinajstić information content (AvgIpc) is 2.41. The number of hydrogen-bond acceptors (Lipinski definition) is 8. The molecule has 10 nitrogen and oxygen atoms in total. The highest BCUT2D eigenvalue weighted by Crippen LogP contribution is 2.46. The highest BCUT2D eigenvalue weighted by molar-refractivity contribution is 8.01. The van der Waals surface area contributed by atoms with E-state index < -0.39 is 43.9 Å². The van der Waals surface area contributed by atoms with E-state index in [1.54, 1.807) is 0 Å². The Morgan fingerprint density at radius 3 is 2.59 bits per heavy atom. The number of esters is 1. The van der Waals surface area contributed by atoms with Crippen LogP contribution in [0.2, 0.25) is 0 Å². The largest absolute Gasteiger partial charge is 0.477 e. The number of amides is 1. The van der Waals surface area contributed by atoms with Crippen molar-refractivity contribution < 1.29 is 37.2 Å². The van der Waals surface area contributed by atoms with Crippen molar-refractivity contribution in [2.24, 2.45) is 5.73 Å². The van der Waals surface area contributed by atoms with Gasteiger partial charge >= 0.3 is 11.9 Å². The molecule has 1 unspecified atom stereocenters. The lowest BCUT2D eigenvalue weighted by molar-refractivity contribution is -0.150. The van der Waals surface area contributed by atoms with Crippen LogP contribution >= 0.6 is 11.8 Å². The van der Waals surface area contributed by atoms with Crippen molar-refractivity contribution in [2.45, 2.75) is 17.2 Å². The Morgan fingerprint density at radius 1 is 1.55 bits per heavy atom. The SMILES string of the molecule is CC(=O)OCC1=C(C(=O)O)N2C(=O)C(N)(S(=O)(=O)O)[C@H]2SC1. The predicted octanol–water partition coefficient (Wildman–Crippen LogP) is -1.65. The smallest absolute Gasteiger partial charge is 0.352 e. The van der Waals surface area contributed by atoms with Gasteiger partial charge in [-0.3, -0.25) is 19.0 Å². The van der Waals surface area contributed by atoms with Crippen LogP contribution < -0.4 is 5.73 Å². The fourth-order valence-corrected chi connectivity index (χ4v) is 4.68. The minimum atomic E-state index is -4.91. The first-order valence-electron chi connectivity index (χ1n) is 5.81. The molecule has 0 bridgehead atoms. The van der Waals surface area contributed by atoms with E-state index in [-0.39, 0.29) is 17.9 Å². The van der Waals surface area contributed by atoms with Crippen molar-refractivity contribution in [3.8, 4) is 0 Å². The Bertz CT molecular complexity index is 700. The molecule has 0 aromatic heterocycles. The summed E-state index contributed by atoms with van der Waals surface area (Å²) in [6.45, 7) is 0.793. The van der Waals surface area contributed by atoms with Gasteiger partial charge in [-0.1, -0.05) is 0 Å². The number of hydrogen-bond donors (Lipinski definition) is 3. The molecule has 2 heterocycles. The molecule has 2 aliphatic rings. The van der Waals surface area contributed by atoms with Gasteiger partial charge in [0.15, 0.2) is 0 Å². The summed E-state index contributed by atoms with van der Waals surface area (Å²) in [5, 5.41) is 7.97. The molecular weight excluding hydrogens is 340 g/mol. The monoisotopic (exact) mass is 352 g/mol. The Kier molecular flexibility index (Phi) is 3.97. The van der Waals surface area contributed by atoms with Gasteiger partial charge in [0.1, 0.15) is 17.7 Å². The highest BCUT2D eigenvalue weighted by atomic mass is 32.2. The molecule has 12 heteroatoms. The Hall–Kier alpha value is -1.63. The fourth-order valence-electron chi connectivity index (χ4n) is 2.15. The van der Waals surface area contributed by atoms with Gasteiger partial charge in [0.25, 0.3) is 20.9 Å². The van der Waals surface area contributed by atoms with E-state index >= 15 is 0 Å². The predicted molar refractivity (Wildman–Crippen MR) is 72.9 cm³/mol. The van der Waals surface area contributed by atoms with Crippen LogP contribution in [0, 0.1) is 0 Å². The summed E-state index contributed by atoms with van der Waals surface area (Å²) < 4.78 is 36.5. The number of nitrogens with zero attached hydrogens (tertiary/aromatic N) is 1. The van der Waals surface area contributed by atoms with Crippen LogP contribution in [0.1, 0.15) is 6.92 Å². The van der Waals surface area contributed by atoms with Gasteiger partial charge in [-0.2, -0.15) is 8.42 Å². The molecule has 4 N–H and O–H groups in total. The summed E-state index contributed by atoms with van der Waals surface area (Å²) in [7, 11) is -4.91. The maximum Gasteiger partial charge on any atom is 0.352 e. The van der Waals surface area contributed by atoms with Crippen molar-refractivity contribution >= 4 is 39.7 Å². The lowest BCUT2D eigenvalue weighted by atomic mass is 10.0. The number of carbonyl (C=O) groups is 3. The maximum atomic E-state index is 12.0. The third-order valence-corrected chi connectivity index (χ3v) is 6.04. The van der Waals surface area contributed by atoms with Gasteiger partial charge < -0.3 is 15.6 Å². The van der Waals surface area contributed by atoms with Crippen LogP contribution in [0.3, 0.4) is 0 Å². The molecule has 122 valence electrons. The summed E-state index contributed by atoms with van der Waals surface area (Å²) in [5.41, 5.74) is 5.10. The number of ether oxygens (including phenoxy) is 1. The van der Waals surface area contributed by atoms with Gasteiger partial charge in [0, 0.05) is 18.2 Å². The number of thioether (sulfide) groups is 1. The van der Waals surface area contributed by atoms with E-state index in [4.69, 9.17) is 15.0 Å². The number of carboxylic acids is 1. The topological polar surface area (TPSA) is 164 Å². The zero-order valence-electron chi connectivity index (χ0n) is 11.2. The molecule has 1 saturated heterocycles. The molecule has 0 aliphatic carbocycles. The molecular formula is C10H12N2O8S2. The van der Waals surface area contributed by atoms with Crippen molar-refractivity contribution in [3.63, 3.8) is 0 Å². The normalized spacial score (nSPS) is 28.0. The third kappa shape index (κ3) is 2.27. The van der Waals surface area contributed by atoms with Gasteiger partial charge in [0.05, 0.1) is 0 Å². The third-order valence-electron chi connectivity index (χ3n) is 3.22. The average molecular weight is 352 g/mol. The van der Waals surface area contributed by atoms with Crippen molar-refractivity contribution in [3.05, 3.63) is 11.3 Å². The number of carboxylic acid groups (broad SMARTS) is 1. The lowest BCUT2D eigenvalue weighted by Crippen LogP contribution is -2.80. The number of rotatable bonds is 4. The summed E-state index contributed by atoms with van der Waals surface area (Å²) in [5.74, 6) is -3.38. The van der Waals surface area contributed by atoms with E-state index in [1.807, 2.05) is 0 Å². The zero-order valence-corrected chi connectivity index (χ0v) is 12.8. The van der Waals surface area contributed by atoms with E-state index in [9.17, 15) is 27.9 Å². The van der Waals surface area contributed by atoms with E-state index in [0.29, 0.717) is 4.90 Å². The maximum absolute atomic E-state index is 12.0. The quantitative estimate of drug-likeness (QED) is 0.303. The summed E-state index contributed by atoms with van der Waals surface area (Å²) in [6, 6.07) is 0. The summed E-state index contributed by atoms with van der Waals surface area (Å²) in [6.07, 6.45) is 0. The Balaban J connectivity index is 2.41. The highest BCUT2D eigenvalue weighted by Gasteiger charge is 2.69. The molecule has 2 atom stereocenters. The van der Waals surface area contributed by atoms with Gasteiger partial charge in [-0.15, -0.1) is 11.8 Å². The standard InChI is InChI=1S/C10H12N2O8S2/c1-4(13)20-2-5-3-21-9-10(11,22(17,18)19)8(16)12(9)6(5)7(14)15/h9H,2-3,11H2,1H3,(H,14,15)(H,17,18,19)/t9-,10?/m1/s1. The molecule has 0 aromatic carbocycles. The first kappa shape index (κ1) is 16.7. The van der Waals surface area contributed by atoms with Crippen LogP contribution in [0.15, 0.2) is 11.3 Å². The van der Waals surface area contributed by atoms with Crippen LogP contribution in [0.4, 0.5) is 0 Å². The van der Waals surface area contributed by atoms with Crippen LogP contribution in [0.25, 0.3) is 0 Å². The van der Waals surface area contributed by atoms with Crippen molar-refractivity contribution in [1.82, 2.24) is 4.90 Å². The molecule has 2 rings (SSSR count). The van der Waals surface area contributed by atoms with Gasteiger partial charge in [0.2, 0.25) is 0 Å². The molecule has 22 heavy (non-hydrogen) atoms. The van der Waals surface area contributed by atoms with Crippen LogP contribution in [-0.4, -0.2) is 63.4 Å². The number of fused-ring (bicyclic) bond motifs is 1. The van der Waals surface area contributed by atoms with Gasteiger partial charge in [-0.25, -0.2) is 4.79 Å². The minimum absolute atomic E-state index is 0.0160. The number of carbonyl (C=O) groups excluding carboxylic acids is 2. The second kappa shape index (κ2) is 5.22. The van der Waals surface area contributed by atoms with Crippen molar-refractivity contribution in [1.29, 1.82) is 0 Å². The second-order valence-electron chi connectivity index (χ2n) is 4.64. The summed E-state index contributed by atoms with van der Waals surface area (Å²) in [4.78, 5) is 32.3. The van der Waals surface area contributed by atoms with E-state index in [0.717, 1.165) is 18.7 Å². The zero-order chi connectivity index (χ0) is 16.9. The molecule has 1 fully saturated rings. The number of aliphatic carboxylic acids is 1. The second-order valence-corrected chi connectivity index (χ2v) is 7.34. The molecule has 0 spiro atoms.